The number of likely N-dealkylation sites (tertiary alicyclic amines) is 1. The van der Waals surface area contributed by atoms with Crippen molar-refractivity contribution < 1.29 is 24.6 Å². The SMILES string of the molecule is O=C(O)c1cccc(C(=O)N2CCC[C@@H]2C(=O)O)c1. The summed E-state index contributed by atoms with van der Waals surface area (Å²) in [7, 11) is 0. The molecule has 0 bridgehead atoms. The molecule has 0 unspecified atom stereocenters. The van der Waals surface area contributed by atoms with Gasteiger partial charge in [0.05, 0.1) is 5.56 Å². The second kappa shape index (κ2) is 5.09. The molecule has 0 saturated carbocycles. The van der Waals surface area contributed by atoms with E-state index in [9.17, 15) is 14.4 Å². The van der Waals surface area contributed by atoms with Crippen LogP contribution >= 0.6 is 0 Å². The van der Waals surface area contributed by atoms with Crippen LogP contribution in [0.2, 0.25) is 0 Å². The summed E-state index contributed by atoms with van der Waals surface area (Å²) in [4.78, 5) is 35.4. The van der Waals surface area contributed by atoms with E-state index in [1.807, 2.05) is 0 Å². The fourth-order valence-corrected chi connectivity index (χ4v) is 2.22. The Morgan fingerprint density at radius 1 is 1.16 bits per heavy atom. The monoisotopic (exact) mass is 263 g/mol. The van der Waals surface area contributed by atoms with Crippen molar-refractivity contribution in [1.82, 2.24) is 4.90 Å². The molecule has 1 aromatic carbocycles. The van der Waals surface area contributed by atoms with Crippen LogP contribution in [0.1, 0.15) is 33.6 Å². The molecule has 1 atom stereocenters. The lowest BCUT2D eigenvalue weighted by atomic mass is 10.1. The third kappa shape index (κ3) is 2.57. The van der Waals surface area contributed by atoms with Crippen molar-refractivity contribution in [2.24, 2.45) is 0 Å². The fraction of sp³-hybridized carbons (Fsp3) is 0.308. The summed E-state index contributed by atoms with van der Waals surface area (Å²) in [5, 5.41) is 17.9. The molecule has 1 amide bonds. The summed E-state index contributed by atoms with van der Waals surface area (Å²) >= 11 is 0. The molecule has 1 aliphatic rings. The van der Waals surface area contributed by atoms with Crippen molar-refractivity contribution in [3.05, 3.63) is 35.4 Å². The van der Waals surface area contributed by atoms with Crippen LogP contribution in [0.5, 0.6) is 0 Å². The molecule has 0 radical (unpaired) electrons. The molecule has 19 heavy (non-hydrogen) atoms. The van der Waals surface area contributed by atoms with Crippen LogP contribution in [0, 0.1) is 0 Å². The highest BCUT2D eigenvalue weighted by Crippen LogP contribution is 2.20. The van der Waals surface area contributed by atoms with Gasteiger partial charge in [-0.3, -0.25) is 4.79 Å². The van der Waals surface area contributed by atoms with Crippen LogP contribution in [-0.4, -0.2) is 45.5 Å². The van der Waals surface area contributed by atoms with Crippen molar-refractivity contribution >= 4 is 17.8 Å². The molecule has 1 saturated heterocycles. The highest BCUT2D eigenvalue weighted by Gasteiger charge is 2.34. The summed E-state index contributed by atoms with van der Waals surface area (Å²) in [5.41, 5.74) is 0.213. The van der Waals surface area contributed by atoms with Crippen molar-refractivity contribution in [1.29, 1.82) is 0 Å². The Morgan fingerprint density at radius 3 is 2.47 bits per heavy atom. The first kappa shape index (κ1) is 13.1. The van der Waals surface area contributed by atoms with Gasteiger partial charge in [-0.2, -0.15) is 0 Å². The van der Waals surface area contributed by atoms with Crippen LogP contribution in [0.15, 0.2) is 24.3 Å². The summed E-state index contributed by atoms with van der Waals surface area (Å²) in [5.74, 6) is -2.58. The number of nitrogens with zero attached hydrogens (tertiary/aromatic N) is 1. The largest absolute Gasteiger partial charge is 0.480 e. The predicted molar refractivity (Wildman–Crippen MR) is 65.1 cm³/mol. The van der Waals surface area contributed by atoms with E-state index in [4.69, 9.17) is 10.2 Å². The molecule has 6 heteroatoms. The maximum atomic E-state index is 12.2. The molecule has 1 fully saturated rings. The molecule has 0 spiro atoms. The number of aliphatic carboxylic acids is 1. The van der Waals surface area contributed by atoms with Gasteiger partial charge in [-0.25, -0.2) is 9.59 Å². The summed E-state index contributed by atoms with van der Waals surface area (Å²) < 4.78 is 0. The van der Waals surface area contributed by atoms with E-state index in [2.05, 4.69) is 0 Å². The van der Waals surface area contributed by atoms with Crippen molar-refractivity contribution in [2.75, 3.05) is 6.54 Å². The molecule has 0 aromatic heterocycles. The molecule has 100 valence electrons. The first-order valence-corrected chi connectivity index (χ1v) is 5.88. The van der Waals surface area contributed by atoms with E-state index in [0.29, 0.717) is 19.4 Å². The van der Waals surface area contributed by atoms with Crippen LogP contribution < -0.4 is 0 Å². The van der Waals surface area contributed by atoms with Crippen molar-refractivity contribution in [3.8, 4) is 0 Å². The third-order valence-electron chi connectivity index (χ3n) is 3.16. The van der Waals surface area contributed by atoms with Crippen molar-refractivity contribution in [2.45, 2.75) is 18.9 Å². The van der Waals surface area contributed by atoms with Gasteiger partial charge in [0.1, 0.15) is 6.04 Å². The Morgan fingerprint density at radius 2 is 1.84 bits per heavy atom. The van der Waals surface area contributed by atoms with Gasteiger partial charge in [-0.05, 0) is 31.0 Å². The number of aromatic carboxylic acids is 1. The normalized spacial score (nSPS) is 18.3. The van der Waals surface area contributed by atoms with Gasteiger partial charge in [0.15, 0.2) is 0 Å². The minimum atomic E-state index is -1.12. The van der Waals surface area contributed by atoms with Gasteiger partial charge in [0.25, 0.3) is 5.91 Å². The highest BCUT2D eigenvalue weighted by molar-refractivity contribution is 5.99. The standard InChI is InChI=1S/C13H13NO5/c15-11(14-6-2-5-10(14)13(18)19)8-3-1-4-9(7-8)12(16)17/h1,3-4,7,10H,2,5-6H2,(H,16,17)(H,18,19)/t10-/m1/s1. The predicted octanol–water partition coefficient (Wildman–Crippen LogP) is 1.07. The number of benzene rings is 1. The summed E-state index contributed by atoms with van der Waals surface area (Å²) in [6.45, 7) is 0.382. The number of carbonyl (C=O) groups excluding carboxylic acids is 1. The van der Waals surface area contributed by atoms with Crippen LogP contribution in [0.4, 0.5) is 0 Å². The van der Waals surface area contributed by atoms with E-state index in [1.54, 1.807) is 0 Å². The van der Waals surface area contributed by atoms with Crippen molar-refractivity contribution in [3.63, 3.8) is 0 Å². The van der Waals surface area contributed by atoms with E-state index >= 15 is 0 Å². The number of carboxylic acids is 2. The first-order valence-electron chi connectivity index (χ1n) is 5.88. The Balaban J connectivity index is 2.26. The second-order valence-electron chi connectivity index (χ2n) is 4.38. The Labute approximate surface area is 109 Å². The molecule has 1 aromatic rings. The van der Waals surface area contributed by atoms with Crippen LogP contribution in [-0.2, 0) is 4.79 Å². The third-order valence-corrected chi connectivity index (χ3v) is 3.16. The number of carbonyl (C=O) groups is 3. The Bertz CT molecular complexity index is 540. The minimum absolute atomic E-state index is 0.0110. The van der Waals surface area contributed by atoms with Gasteiger partial charge in [-0.1, -0.05) is 6.07 Å². The smallest absolute Gasteiger partial charge is 0.335 e. The number of rotatable bonds is 3. The zero-order valence-corrected chi connectivity index (χ0v) is 10.1. The second-order valence-corrected chi connectivity index (χ2v) is 4.38. The molecule has 1 aliphatic heterocycles. The lowest BCUT2D eigenvalue weighted by Gasteiger charge is -2.21. The molecular formula is C13H13NO5. The lowest BCUT2D eigenvalue weighted by Crippen LogP contribution is -2.40. The number of hydrogen-bond donors (Lipinski definition) is 2. The number of hydrogen-bond acceptors (Lipinski definition) is 3. The maximum absolute atomic E-state index is 12.2. The summed E-state index contributed by atoms with van der Waals surface area (Å²) in [6, 6.07) is 4.80. The van der Waals surface area contributed by atoms with Crippen LogP contribution in [0.3, 0.4) is 0 Å². The van der Waals surface area contributed by atoms with Gasteiger partial charge < -0.3 is 15.1 Å². The van der Waals surface area contributed by atoms with E-state index < -0.39 is 23.9 Å². The quantitative estimate of drug-likeness (QED) is 0.850. The van der Waals surface area contributed by atoms with Gasteiger partial charge >= 0.3 is 11.9 Å². The van der Waals surface area contributed by atoms with E-state index in [1.165, 1.54) is 29.2 Å². The fourth-order valence-electron chi connectivity index (χ4n) is 2.22. The zero-order chi connectivity index (χ0) is 14.0. The number of carboxylic acid groups (broad SMARTS) is 2. The molecule has 1 heterocycles. The lowest BCUT2D eigenvalue weighted by molar-refractivity contribution is -0.141. The minimum Gasteiger partial charge on any atom is -0.480 e. The molecule has 2 N–H and O–H groups in total. The molecule has 0 aliphatic carbocycles. The molecular weight excluding hydrogens is 250 g/mol. The first-order chi connectivity index (χ1) is 9.00. The zero-order valence-electron chi connectivity index (χ0n) is 10.1. The van der Waals surface area contributed by atoms with Crippen LogP contribution in [0.25, 0.3) is 0 Å². The van der Waals surface area contributed by atoms with E-state index in [-0.39, 0.29) is 11.1 Å². The summed E-state index contributed by atoms with van der Waals surface area (Å²) in [6.07, 6.45) is 1.07. The van der Waals surface area contributed by atoms with Gasteiger partial charge in [0.2, 0.25) is 0 Å². The topological polar surface area (TPSA) is 94.9 Å². The van der Waals surface area contributed by atoms with E-state index in [0.717, 1.165) is 0 Å². The maximum Gasteiger partial charge on any atom is 0.335 e. The number of amides is 1. The van der Waals surface area contributed by atoms with Gasteiger partial charge in [-0.15, -0.1) is 0 Å². The Kier molecular flexibility index (Phi) is 3.50. The highest BCUT2D eigenvalue weighted by atomic mass is 16.4. The van der Waals surface area contributed by atoms with Gasteiger partial charge in [0, 0.05) is 12.1 Å². The molecule has 2 rings (SSSR count). The molecule has 6 nitrogen and oxygen atoms in total. The average molecular weight is 263 g/mol. The Hall–Kier alpha value is -2.37. The average Bonchev–Trinajstić information content (AvgIpc) is 2.87.